The lowest BCUT2D eigenvalue weighted by atomic mass is 10.2. The van der Waals surface area contributed by atoms with E-state index >= 15 is 0 Å². The number of nitrogens with zero attached hydrogens (tertiary/aromatic N) is 1. The highest BCUT2D eigenvalue weighted by molar-refractivity contribution is 9.10. The monoisotopic (exact) mass is 436 g/mol. The van der Waals surface area contributed by atoms with Crippen LogP contribution in [0.25, 0.3) is 0 Å². The Balaban J connectivity index is 2.35. The summed E-state index contributed by atoms with van der Waals surface area (Å²) in [5.74, 6) is 0.552. The Morgan fingerprint density at radius 2 is 1.95 bits per heavy atom. The van der Waals surface area contributed by atoms with Crippen LogP contribution in [0.1, 0.15) is 11.3 Å². The molecule has 0 aliphatic heterocycles. The van der Waals surface area contributed by atoms with E-state index in [1.165, 1.54) is 17.4 Å². The van der Waals surface area contributed by atoms with Crippen molar-refractivity contribution in [3.63, 3.8) is 0 Å². The van der Waals surface area contributed by atoms with Crippen molar-refractivity contribution in [1.82, 2.24) is 4.31 Å². The molecule has 2 aromatic rings. The highest BCUT2D eigenvalue weighted by atomic mass is 79.9. The van der Waals surface area contributed by atoms with Crippen LogP contribution in [-0.2, 0) is 16.6 Å². The lowest BCUT2D eigenvalue weighted by molar-refractivity contribution is 0.398. The van der Waals surface area contributed by atoms with Gasteiger partial charge in [0.1, 0.15) is 5.76 Å². The molecule has 0 bridgehead atoms. The fourth-order valence-electron chi connectivity index (χ4n) is 1.86. The van der Waals surface area contributed by atoms with Crippen LogP contribution < -0.4 is 5.73 Å². The van der Waals surface area contributed by atoms with E-state index in [9.17, 15) is 8.42 Å². The van der Waals surface area contributed by atoms with Crippen LogP contribution in [0.15, 0.2) is 42.7 Å². The molecule has 0 amide bonds. The maximum absolute atomic E-state index is 12.6. The third-order valence-corrected chi connectivity index (χ3v) is 6.05. The summed E-state index contributed by atoms with van der Waals surface area (Å²) in [6, 6.07) is 6.60. The number of sulfonamides is 1. The van der Waals surface area contributed by atoms with Gasteiger partial charge in [0.25, 0.3) is 0 Å². The van der Waals surface area contributed by atoms with Crippen molar-refractivity contribution >= 4 is 47.6 Å². The Labute approximate surface area is 140 Å². The van der Waals surface area contributed by atoms with Crippen LogP contribution in [0.5, 0.6) is 0 Å². The van der Waals surface area contributed by atoms with Gasteiger partial charge in [-0.05, 0) is 68.6 Å². The molecule has 0 saturated heterocycles. The van der Waals surface area contributed by atoms with Gasteiger partial charge in [-0.25, -0.2) is 8.42 Å². The van der Waals surface area contributed by atoms with Gasteiger partial charge in [-0.3, -0.25) is 0 Å². The van der Waals surface area contributed by atoms with E-state index < -0.39 is 10.0 Å². The lowest BCUT2D eigenvalue weighted by Gasteiger charge is -2.18. The summed E-state index contributed by atoms with van der Waals surface area (Å²) in [4.78, 5) is 0.191. The van der Waals surface area contributed by atoms with Gasteiger partial charge in [0.05, 0.1) is 11.4 Å². The molecule has 1 heterocycles. The number of aryl methyl sites for hydroxylation is 1. The van der Waals surface area contributed by atoms with E-state index in [2.05, 4.69) is 31.9 Å². The number of benzene rings is 1. The molecular weight excluding hydrogens is 424 g/mol. The van der Waals surface area contributed by atoms with Crippen LogP contribution in [0.4, 0.5) is 5.69 Å². The average molecular weight is 438 g/mol. The molecule has 114 valence electrons. The summed E-state index contributed by atoms with van der Waals surface area (Å²) >= 11 is 6.48. The minimum atomic E-state index is -3.64. The van der Waals surface area contributed by atoms with E-state index in [1.807, 2.05) is 0 Å². The van der Waals surface area contributed by atoms with Crippen LogP contribution >= 0.6 is 31.9 Å². The second-order valence-electron chi connectivity index (χ2n) is 4.61. The van der Waals surface area contributed by atoms with E-state index in [1.54, 1.807) is 25.1 Å². The molecule has 5 nitrogen and oxygen atoms in total. The number of halogens is 2. The number of nitrogen functional groups attached to an aromatic ring is 1. The quantitative estimate of drug-likeness (QED) is 0.742. The van der Waals surface area contributed by atoms with Gasteiger partial charge in [0.2, 0.25) is 10.0 Å². The van der Waals surface area contributed by atoms with Crippen LogP contribution in [0.3, 0.4) is 0 Å². The standard InChI is InChI=1S/C13H14Br2N2O3S/c1-8-5-10(14)11(16)6-12(8)21(18,19)17(2)7-9-3-4-13(15)20-9/h3-6H,7,16H2,1-2H3. The Kier molecular flexibility index (Phi) is 4.82. The number of anilines is 1. The normalized spacial score (nSPS) is 12.0. The summed E-state index contributed by atoms with van der Waals surface area (Å²) in [7, 11) is -2.14. The molecule has 0 aliphatic rings. The molecule has 0 fully saturated rings. The van der Waals surface area contributed by atoms with Crippen LogP contribution in [0.2, 0.25) is 0 Å². The van der Waals surface area contributed by atoms with Gasteiger partial charge < -0.3 is 10.2 Å². The van der Waals surface area contributed by atoms with Crippen molar-refractivity contribution in [2.24, 2.45) is 0 Å². The Bertz CT molecular complexity index is 772. The Morgan fingerprint density at radius 1 is 1.29 bits per heavy atom. The predicted octanol–water partition coefficient (Wildman–Crippen LogP) is 3.52. The number of hydrogen-bond acceptors (Lipinski definition) is 4. The lowest BCUT2D eigenvalue weighted by Crippen LogP contribution is -2.27. The zero-order valence-corrected chi connectivity index (χ0v) is 15.4. The molecule has 0 radical (unpaired) electrons. The second kappa shape index (κ2) is 6.12. The third-order valence-electron chi connectivity index (χ3n) is 2.99. The maximum Gasteiger partial charge on any atom is 0.243 e. The molecule has 0 atom stereocenters. The molecule has 2 rings (SSSR count). The fourth-order valence-corrected chi connectivity index (χ4v) is 4.03. The van der Waals surface area contributed by atoms with Crippen molar-refractivity contribution in [2.75, 3.05) is 12.8 Å². The van der Waals surface area contributed by atoms with Crippen LogP contribution in [-0.4, -0.2) is 19.8 Å². The minimum absolute atomic E-state index is 0.142. The van der Waals surface area contributed by atoms with Gasteiger partial charge in [-0.15, -0.1) is 0 Å². The first-order valence-electron chi connectivity index (χ1n) is 5.98. The number of hydrogen-bond donors (Lipinski definition) is 1. The molecule has 1 aromatic heterocycles. The second-order valence-corrected chi connectivity index (χ2v) is 8.26. The largest absolute Gasteiger partial charge is 0.453 e. The molecule has 0 spiro atoms. The smallest absolute Gasteiger partial charge is 0.243 e. The first-order valence-corrected chi connectivity index (χ1v) is 9.00. The van der Waals surface area contributed by atoms with Crippen molar-refractivity contribution < 1.29 is 12.8 Å². The van der Waals surface area contributed by atoms with Crippen molar-refractivity contribution in [1.29, 1.82) is 0 Å². The van der Waals surface area contributed by atoms with Crippen molar-refractivity contribution in [3.05, 3.63) is 44.7 Å². The molecule has 21 heavy (non-hydrogen) atoms. The fraction of sp³-hybridized carbons (Fsp3) is 0.231. The van der Waals surface area contributed by atoms with Gasteiger partial charge >= 0.3 is 0 Å². The van der Waals surface area contributed by atoms with Crippen LogP contribution in [0, 0.1) is 6.92 Å². The summed E-state index contributed by atoms with van der Waals surface area (Å²) in [5, 5.41) is 0. The van der Waals surface area contributed by atoms with Gasteiger partial charge in [-0.1, -0.05) is 0 Å². The Hall–Kier alpha value is -0.830. The van der Waals surface area contributed by atoms with E-state index in [-0.39, 0.29) is 11.4 Å². The SMILES string of the molecule is Cc1cc(Br)c(N)cc1S(=O)(=O)N(C)Cc1ccc(Br)o1. The van der Waals surface area contributed by atoms with Crippen molar-refractivity contribution in [2.45, 2.75) is 18.4 Å². The molecule has 2 N–H and O–H groups in total. The topological polar surface area (TPSA) is 76.5 Å². The van der Waals surface area contributed by atoms with Crippen molar-refractivity contribution in [3.8, 4) is 0 Å². The molecule has 1 aromatic carbocycles. The number of furan rings is 1. The summed E-state index contributed by atoms with van der Waals surface area (Å²) in [6.45, 7) is 1.87. The Morgan fingerprint density at radius 3 is 2.52 bits per heavy atom. The highest BCUT2D eigenvalue weighted by Crippen LogP contribution is 2.29. The predicted molar refractivity (Wildman–Crippen MR) is 88.4 cm³/mol. The minimum Gasteiger partial charge on any atom is -0.453 e. The first kappa shape index (κ1) is 16.5. The van der Waals surface area contributed by atoms with E-state index in [0.29, 0.717) is 26.2 Å². The van der Waals surface area contributed by atoms with Gasteiger partial charge in [0.15, 0.2) is 4.67 Å². The molecule has 0 saturated carbocycles. The zero-order chi connectivity index (χ0) is 15.8. The molecule has 0 aliphatic carbocycles. The summed E-state index contributed by atoms with van der Waals surface area (Å²) < 4.78 is 33.1. The van der Waals surface area contributed by atoms with E-state index in [4.69, 9.17) is 10.2 Å². The summed E-state index contributed by atoms with van der Waals surface area (Å²) in [5.41, 5.74) is 6.80. The number of nitrogens with two attached hydrogens (primary N) is 1. The molecule has 0 unspecified atom stereocenters. The zero-order valence-electron chi connectivity index (χ0n) is 11.4. The van der Waals surface area contributed by atoms with E-state index in [0.717, 1.165) is 0 Å². The highest BCUT2D eigenvalue weighted by Gasteiger charge is 2.24. The van der Waals surface area contributed by atoms with Gasteiger partial charge in [0, 0.05) is 17.2 Å². The number of rotatable bonds is 4. The maximum atomic E-state index is 12.6. The first-order chi connectivity index (χ1) is 9.71. The third kappa shape index (κ3) is 3.50. The average Bonchev–Trinajstić information content (AvgIpc) is 2.79. The molecule has 8 heteroatoms. The summed E-state index contributed by atoms with van der Waals surface area (Å²) in [6.07, 6.45) is 0. The van der Waals surface area contributed by atoms with Gasteiger partial charge in [-0.2, -0.15) is 4.31 Å². The molecular formula is C13H14Br2N2O3S.